The number of fused-ring (bicyclic) bond motifs is 1. The first kappa shape index (κ1) is 21.8. The maximum absolute atomic E-state index is 13.0. The summed E-state index contributed by atoms with van der Waals surface area (Å²) in [5.74, 6) is 1.58. The predicted octanol–water partition coefficient (Wildman–Crippen LogP) is 4.37. The fourth-order valence-corrected chi connectivity index (χ4v) is 6.05. The minimum atomic E-state index is -3.53. The van der Waals surface area contributed by atoms with Gasteiger partial charge in [-0.25, -0.2) is 18.1 Å². The SMILES string of the molecule is CC(C)(C)c1nc2cc(S(=O)(=O)NC3CCCCC3)ccc2n1CC1CCOCC1. The molecule has 0 spiro atoms. The van der Waals surface area contributed by atoms with Crippen molar-refractivity contribution in [2.45, 2.75) is 88.6 Å². The topological polar surface area (TPSA) is 73.2 Å². The van der Waals surface area contributed by atoms with Crippen LogP contribution in [0.5, 0.6) is 0 Å². The van der Waals surface area contributed by atoms with Crippen molar-refractivity contribution in [1.82, 2.24) is 14.3 Å². The highest BCUT2D eigenvalue weighted by atomic mass is 32.2. The van der Waals surface area contributed by atoms with Gasteiger partial charge in [-0.05, 0) is 49.8 Å². The molecule has 2 aliphatic rings. The summed E-state index contributed by atoms with van der Waals surface area (Å²) in [7, 11) is -3.53. The van der Waals surface area contributed by atoms with Crippen molar-refractivity contribution in [3.8, 4) is 0 Å². The van der Waals surface area contributed by atoms with Gasteiger partial charge in [-0.2, -0.15) is 0 Å². The number of benzene rings is 1. The summed E-state index contributed by atoms with van der Waals surface area (Å²) in [5.41, 5.74) is 1.66. The number of imidazole rings is 1. The van der Waals surface area contributed by atoms with Gasteiger partial charge in [0.25, 0.3) is 0 Å². The summed E-state index contributed by atoms with van der Waals surface area (Å²) in [6.45, 7) is 9.03. The molecule has 1 saturated carbocycles. The molecule has 0 radical (unpaired) electrons. The molecule has 2 fully saturated rings. The Labute approximate surface area is 180 Å². The lowest BCUT2D eigenvalue weighted by atomic mass is 9.94. The molecule has 30 heavy (non-hydrogen) atoms. The Hall–Kier alpha value is -1.44. The first-order valence-corrected chi connectivity index (χ1v) is 12.8. The molecular formula is C23H35N3O3S. The number of ether oxygens (including phenoxy) is 1. The van der Waals surface area contributed by atoms with Gasteiger partial charge in [0, 0.05) is 31.2 Å². The van der Waals surface area contributed by atoms with Crippen LogP contribution in [0.4, 0.5) is 0 Å². The molecule has 0 amide bonds. The Morgan fingerprint density at radius 2 is 1.80 bits per heavy atom. The molecular weight excluding hydrogens is 398 g/mol. The average Bonchev–Trinajstić information content (AvgIpc) is 3.07. The minimum absolute atomic E-state index is 0.0515. The Morgan fingerprint density at radius 1 is 1.10 bits per heavy atom. The molecule has 2 heterocycles. The van der Waals surface area contributed by atoms with Crippen LogP contribution in [0.1, 0.15) is 71.5 Å². The summed E-state index contributed by atoms with van der Waals surface area (Å²) in [5, 5.41) is 0. The zero-order chi connectivity index (χ0) is 21.4. The van der Waals surface area contributed by atoms with Gasteiger partial charge in [-0.15, -0.1) is 0 Å². The van der Waals surface area contributed by atoms with E-state index in [0.29, 0.717) is 10.8 Å². The summed E-state index contributed by atoms with van der Waals surface area (Å²) in [6.07, 6.45) is 7.35. The highest BCUT2D eigenvalue weighted by Gasteiger charge is 2.27. The van der Waals surface area contributed by atoms with Crippen molar-refractivity contribution in [3.63, 3.8) is 0 Å². The van der Waals surface area contributed by atoms with Crippen molar-refractivity contribution < 1.29 is 13.2 Å². The summed E-state index contributed by atoms with van der Waals surface area (Å²) < 4.78 is 36.7. The molecule has 2 aromatic rings. The number of nitrogens with zero attached hydrogens (tertiary/aromatic N) is 2. The van der Waals surface area contributed by atoms with E-state index in [0.717, 1.165) is 75.1 Å². The largest absolute Gasteiger partial charge is 0.381 e. The van der Waals surface area contributed by atoms with E-state index in [-0.39, 0.29) is 11.5 Å². The van der Waals surface area contributed by atoms with Crippen LogP contribution in [0.15, 0.2) is 23.1 Å². The van der Waals surface area contributed by atoms with Gasteiger partial charge in [0.05, 0.1) is 15.9 Å². The monoisotopic (exact) mass is 433 g/mol. The third-order valence-electron chi connectivity index (χ3n) is 6.41. The van der Waals surface area contributed by atoms with Crippen LogP contribution in [-0.4, -0.2) is 37.2 Å². The second kappa shape index (κ2) is 8.60. The fraction of sp³-hybridized carbons (Fsp3) is 0.696. The first-order valence-electron chi connectivity index (χ1n) is 11.3. The van der Waals surface area contributed by atoms with Crippen molar-refractivity contribution in [2.24, 2.45) is 5.92 Å². The molecule has 0 bridgehead atoms. The van der Waals surface area contributed by atoms with Crippen molar-refractivity contribution in [2.75, 3.05) is 13.2 Å². The van der Waals surface area contributed by atoms with E-state index in [1.807, 2.05) is 6.07 Å². The maximum atomic E-state index is 13.0. The zero-order valence-electron chi connectivity index (χ0n) is 18.5. The van der Waals surface area contributed by atoms with Crippen LogP contribution in [0.2, 0.25) is 0 Å². The van der Waals surface area contributed by atoms with Gasteiger partial charge in [0.1, 0.15) is 5.82 Å². The van der Waals surface area contributed by atoms with Gasteiger partial charge >= 0.3 is 0 Å². The molecule has 1 aliphatic heterocycles. The van der Waals surface area contributed by atoms with Gasteiger partial charge in [0.2, 0.25) is 10.0 Å². The van der Waals surface area contributed by atoms with Crippen LogP contribution in [0.3, 0.4) is 0 Å². The van der Waals surface area contributed by atoms with Crippen molar-refractivity contribution in [3.05, 3.63) is 24.0 Å². The van der Waals surface area contributed by atoms with E-state index in [1.54, 1.807) is 12.1 Å². The Bertz CT molecular complexity index is 979. The van der Waals surface area contributed by atoms with E-state index in [2.05, 4.69) is 30.1 Å². The molecule has 7 heteroatoms. The highest BCUT2D eigenvalue weighted by Crippen LogP contribution is 2.30. The number of aromatic nitrogens is 2. The van der Waals surface area contributed by atoms with Crippen LogP contribution >= 0.6 is 0 Å². The standard InChI is InChI=1S/C23H35N3O3S/c1-23(2,3)22-24-20-15-19(30(27,28)25-18-7-5-4-6-8-18)9-10-21(20)26(22)16-17-11-13-29-14-12-17/h9-10,15,17-18,25H,4-8,11-14,16H2,1-3H3. The molecule has 1 aromatic heterocycles. The Kier molecular flexibility index (Phi) is 6.24. The zero-order valence-corrected chi connectivity index (χ0v) is 19.3. The van der Waals surface area contributed by atoms with Crippen molar-refractivity contribution >= 4 is 21.1 Å². The molecule has 6 nitrogen and oxygen atoms in total. The van der Waals surface area contributed by atoms with Gasteiger partial charge < -0.3 is 9.30 Å². The van der Waals surface area contributed by atoms with E-state index in [4.69, 9.17) is 9.72 Å². The average molecular weight is 434 g/mol. The maximum Gasteiger partial charge on any atom is 0.240 e. The lowest BCUT2D eigenvalue weighted by Crippen LogP contribution is -2.36. The van der Waals surface area contributed by atoms with Gasteiger partial charge in [0.15, 0.2) is 0 Å². The number of nitrogens with one attached hydrogen (secondary N) is 1. The number of hydrogen-bond donors (Lipinski definition) is 1. The summed E-state index contributed by atoms with van der Waals surface area (Å²) in [4.78, 5) is 5.23. The molecule has 166 valence electrons. The molecule has 0 atom stereocenters. The number of hydrogen-bond acceptors (Lipinski definition) is 4. The smallest absolute Gasteiger partial charge is 0.240 e. The summed E-state index contributed by atoms with van der Waals surface area (Å²) in [6, 6.07) is 5.47. The van der Waals surface area contributed by atoms with E-state index in [9.17, 15) is 8.42 Å². The van der Waals surface area contributed by atoms with Crippen LogP contribution in [-0.2, 0) is 26.7 Å². The summed E-state index contributed by atoms with van der Waals surface area (Å²) >= 11 is 0. The van der Waals surface area contributed by atoms with Crippen LogP contribution in [0, 0.1) is 5.92 Å². The van der Waals surface area contributed by atoms with Gasteiger partial charge in [-0.1, -0.05) is 40.0 Å². The molecule has 1 aliphatic carbocycles. The van der Waals surface area contributed by atoms with E-state index in [1.165, 1.54) is 6.42 Å². The Morgan fingerprint density at radius 3 is 2.47 bits per heavy atom. The Balaban J connectivity index is 1.66. The highest BCUT2D eigenvalue weighted by molar-refractivity contribution is 7.89. The van der Waals surface area contributed by atoms with Crippen LogP contribution < -0.4 is 4.72 Å². The molecule has 1 aromatic carbocycles. The van der Waals surface area contributed by atoms with E-state index < -0.39 is 10.0 Å². The molecule has 1 saturated heterocycles. The lowest BCUT2D eigenvalue weighted by molar-refractivity contribution is 0.0611. The second-order valence-electron chi connectivity index (χ2n) is 9.96. The normalized spacial score (nSPS) is 20.1. The molecule has 0 unspecified atom stereocenters. The molecule has 4 rings (SSSR count). The van der Waals surface area contributed by atoms with E-state index >= 15 is 0 Å². The molecule has 1 N–H and O–H groups in total. The number of sulfonamides is 1. The quantitative estimate of drug-likeness (QED) is 0.760. The third kappa shape index (κ3) is 4.73. The van der Waals surface area contributed by atoms with Gasteiger partial charge in [-0.3, -0.25) is 0 Å². The third-order valence-corrected chi connectivity index (χ3v) is 7.93. The van der Waals surface area contributed by atoms with Crippen molar-refractivity contribution in [1.29, 1.82) is 0 Å². The first-order chi connectivity index (χ1) is 14.2. The fourth-order valence-electron chi connectivity index (χ4n) is 4.73. The lowest BCUT2D eigenvalue weighted by Gasteiger charge is -2.26. The number of rotatable bonds is 5. The minimum Gasteiger partial charge on any atom is -0.381 e. The predicted molar refractivity (Wildman–Crippen MR) is 119 cm³/mol. The van der Waals surface area contributed by atoms with Crippen LogP contribution in [0.25, 0.3) is 11.0 Å². The second-order valence-corrected chi connectivity index (χ2v) is 11.7.